The Labute approximate surface area is 136 Å². The number of alkyl halides is 3. The second-order valence-electron chi connectivity index (χ2n) is 6.43. The third-order valence-electron chi connectivity index (χ3n) is 3.94. The lowest BCUT2D eigenvalue weighted by molar-refractivity contribution is -0.929. The van der Waals surface area contributed by atoms with E-state index in [-0.39, 0.29) is 6.92 Å². The van der Waals surface area contributed by atoms with Crippen molar-refractivity contribution >= 4 is 0 Å². The Morgan fingerprint density at radius 2 is 0.773 bits per heavy atom. The quantitative estimate of drug-likeness (QED) is 0.356. The lowest BCUT2D eigenvalue weighted by atomic mass is 10.1. The molecule has 0 atom stereocenters. The smallest absolute Gasteiger partial charge is 0.324 e. The van der Waals surface area contributed by atoms with Gasteiger partial charge in [-0.25, -0.2) is 0 Å². The summed E-state index contributed by atoms with van der Waals surface area (Å²) in [6.45, 7) is 15.2. The molecule has 0 aromatic rings. The van der Waals surface area contributed by atoms with Gasteiger partial charge >= 0.3 is 6.18 Å². The summed E-state index contributed by atoms with van der Waals surface area (Å²) < 4.78 is 32.5. The zero-order chi connectivity index (χ0) is 17.5. The van der Waals surface area contributed by atoms with Gasteiger partial charge in [-0.3, -0.25) is 0 Å². The molecule has 0 radical (unpaired) electrons. The Kier molecular flexibility index (Phi) is 15.7. The molecule has 0 aromatic carbocycles. The van der Waals surface area contributed by atoms with E-state index in [0.717, 1.165) is 0 Å². The lowest BCUT2D eigenvalue weighted by Gasteiger charge is -2.39. The van der Waals surface area contributed by atoms with Gasteiger partial charge in [0.1, 0.15) is 0 Å². The zero-order valence-corrected chi connectivity index (χ0v) is 15.6. The van der Waals surface area contributed by atoms with E-state index in [4.69, 9.17) is 0 Å². The van der Waals surface area contributed by atoms with Crippen molar-refractivity contribution in [3.8, 4) is 0 Å². The normalized spacial score (nSPS) is 12.0. The second-order valence-corrected chi connectivity index (χ2v) is 6.43. The van der Waals surface area contributed by atoms with Gasteiger partial charge < -0.3 is 4.48 Å². The van der Waals surface area contributed by atoms with Crippen molar-refractivity contribution in [1.29, 1.82) is 0 Å². The van der Waals surface area contributed by atoms with Crippen LogP contribution in [-0.4, -0.2) is 36.8 Å². The average molecular weight is 327 g/mol. The van der Waals surface area contributed by atoms with Crippen LogP contribution in [0.1, 0.15) is 86.0 Å². The van der Waals surface area contributed by atoms with Crippen molar-refractivity contribution in [2.24, 2.45) is 0 Å². The Morgan fingerprint density at radius 3 is 0.909 bits per heavy atom. The molecule has 0 saturated carbocycles. The van der Waals surface area contributed by atoms with Crippen LogP contribution in [0.3, 0.4) is 0 Å². The van der Waals surface area contributed by atoms with Crippen LogP contribution in [0.25, 0.3) is 0 Å². The highest BCUT2D eigenvalue weighted by Gasteiger charge is 2.24. The molecular formula is C18H39F3N+. The fourth-order valence-corrected chi connectivity index (χ4v) is 2.64. The molecule has 0 unspecified atom stereocenters. The molecule has 0 spiro atoms. The summed E-state index contributed by atoms with van der Waals surface area (Å²) in [7, 11) is 0. The molecule has 1 nitrogen and oxygen atoms in total. The van der Waals surface area contributed by atoms with Crippen LogP contribution in [-0.2, 0) is 0 Å². The molecule has 0 saturated heterocycles. The molecule has 0 aliphatic heterocycles. The van der Waals surface area contributed by atoms with Crippen molar-refractivity contribution in [2.45, 2.75) is 92.2 Å². The highest BCUT2D eigenvalue weighted by Crippen LogP contribution is 2.16. The molecule has 22 heavy (non-hydrogen) atoms. The highest BCUT2D eigenvalue weighted by molar-refractivity contribution is 4.49. The summed E-state index contributed by atoms with van der Waals surface area (Å²) in [4.78, 5) is 0. The summed E-state index contributed by atoms with van der Waals surface area (Å²) in [5, 5.41) is 0. The highest BCUT2D eigenvalue weighted by atomic mass is 19.4. The van der Waals surface area contributed by atoms with Crippen molar-refractivity contribution in [3.05, 3.63) is 0 Å². The summed E-state index contributed by atoms with van der Waals surface area (Å²) in [5.74, 6) is 0. The molecule has 0 rings (SSSR count). The van der Waals surface area contributed by atoms with E-state index in [9.17, 15) is 13.2 Å². The molecular weight excluding hydrogens is 287 g/mol. The van der Waals surface area contributed by atoms with Crippen LogP contribution in [0.15, 0.2) is 0 Å². The SMILES string of the molecule is CC(F)(F)F.CCCC[N+](CCCC)(CCCC)CCCC. The number of rotatable bonds is 12. The first-order chi connectivity index (χ1) is 10.2. The summed E-state index contributed by atoms with van der Waals surface area (Å²) in [5.41, 5.74) is 0. The van der Waals surface area contributed by atoms with E-state index >= 15 is 0 Å². The van der Waals surface area contributed by atoms with Gasteiger partial charge in [-0.05, 0) is 25.7 Å². The summed E-state index contributed by atoms with van der Waals surface area (Å²) in [6, 6.07) is 0. The second kappa shape index (κ2) is 14.3. The van der Waals surface area contributed by atoms with Crippen LogP contribution in [0.5, 0.6) is 0 Å². The Balaban J connectivity index is 0. The monoisotopic (exact) mass is 326 g/mol. The zero-order valence-electron chi connectivity index (χ0n) is 15.6. The first-order valence-electron chi connectivity index (χ1n) is 9.16. The summed E-state index contributed by atoms with van der Waals surface area (Å²) in [6.07, 6.45) is 7.06. The maximum atomic E-state index is 10.4. The van der Waals surface area contributed by atoms with Crippen molar-refractivity contribution in [2.75, 3.05) is 26.2 Å². The number of quaternary nitrogens is 1. The van der Waals surface area contributed by atoms with E-state index in [1.54, 1.807) is 0 Å². The number of hydrogen-bond donors (Lipinski definition) is 0. The van der Waals surface area contributed by atoms with Crippen molar-refractivity contribution in [1.82, 2.24) is 0 Å². The van der Waals surface area contributed by atoms with E-state index in [2.05, 4.69) is 27.7 Å². The van der Waals surface area contributed by atoms with Crippen LogP contribution in [0.2, 0.25) is 0 Å². The average Bonchev–Trinajstić information content (AvgIpc) is 2.44. The standard InChI is InChI=1S/C16H36N.C2H3F3/c1-5-9-13-17(14-10-6-2,15-11-7-3)16-12-8-4;1-2(3,4)5/h5-16H2,1-4H3;1H3/q+1;. The van der Waals surface area contributed by atoms with E-state index in [1.807, 2.05) is 0 Å². The van der Waals surface area contributed by atoms with Crippen LogP contribution >= 0.6 is 0 Å². The number of hydrogen-bond acceptors (Lipinski definition) is 0. The first-order valence-corrected chi connectivity index (χ1v) is 9.16. The predicted octanol–water partition coefficient (Wildman–Crippen LogP) is 6.57. The minimum atomic E-state index is -4.00. The largest absolute Gasteiger partial charge is 0.386 e. The maximum absolute atomic E-state index is 10.4. The van der Waals surface area contributed by atoms with Gasteiger partial charge in [0.05, 0.1) is 26.2 Å². The molecule has 0 aromatic heterocycles. The number of nitrogens with zero attached hydrogens (tertiary/aromatic N) is 1. The minimum absolute atomic E-state index is 0.188. The predicted molar refractivity (Wildman–Crippen MR) is 91.1 cm³/mol. The van der Waals surface area contributed by atoms with E-state index < -0.39 is 6.18 Å². The van der Waals surface area contributed by atoms with Gasteiger partial charge in [-0.15, -0.1) is 0 Å². The molecule has 136 valence electrons. The fraction of sp³-hybridized carbons (Fsp3) is 1.00. The topological polar surface area (TPSA) is 0 Å². The molecule has 0 aliphatic carbocycles. The van der Waals surface area contributed by atoms with Gasteiger partial charge in [0.2, 0.25) is 0 Å². The lowest BCUT2D eigenvalue weighted by Crippen LogP contribution is -2.50. The van der Waals surface area contributed by atoms with Crippen molar-refractivity contribution in [3.63, 3.8) is 0 Å². The molecule has 0 amide bonds. The number of unbranched alkanes of at least 4 members (excludes halogenated alkanes) is 4. The molecule has 0 fully saturated rings. The first kappa shape index (κ1) is 24.0. The maximum Gasteiger partial charge on any atom is 0.386 e. The minimum Gasteiger partial charge on any atom is -0.324 e. The Bertz CT molecular complexity index is 183. The van der Waals surface area contributed by atoms with E-state index in [0.29, 0.717) is 0 Å². The van der Waals surface area contributed by atoms with E-state index in [1.165, 1.54) is 82.0 Å². The third-order valence-corrected chi connectivity index (χ3v) is 3.94. The molecule has 0 bridgehead atoms. The molecule has 0 N–H and O–H groups in total. The van der Waals surface area contributed by atoms with Crippen molar-refractivity contribution < 1.29 is 17.7 Å². The third kappa shape index (κ3) is 17.8. The fourth-order valence-electron chi connectivity index (χ4n) is 2.64. The van der Waals surface area contributed by atoms with Gasteiger partial charge in [0, 0.05) is 6.92 Å². The number of halogens is 3. The van der Waals surface area contributed by atoms with Crippen LogP contribution < -0.4 is 0 Å². The molecule has 0 heterocycles. The van der Waals surface area contributed by atoms with Crippen LogP contribution in [0, 0.1) is 0 Å². The van der Waals surface area contributed by atoms with Gasteiger partial charge in [-0.1, -0.05) is 53.4 Å². The Hall–Kier alpha value is -0.250. The van der Waals surface area contributed by atoms with Gasteiger partial charge in [-0.2, -0.15) is 13.2 Å². The van der Waals surface area contributed by atoms with Gasteiger partial charge in [0.25, 0.3) is 0 Å². The summed E-state index contributed by atoms with van der Waals surface area (Å²) >= 11 is 0. The Morgan fingerprint density at radius 1 is 0.591 bits per heavy atom. The molecule has 0 aliphatic rings. The van der Waals surface area contributed by atoms with Gasteiger partial charge in [0.15, 0.2) is 0 Å². The van der Waals surface area contributed by atoms with Crippen LogP contribution in [0.4, 0.5) is 13.2 Å². The molecule has 4 heteroatoms.